The van der Waals surface area contributed by atoms with Crippen LogP contribution in [0, 0.1) is 0 Å². The molecule has 0 aliphatic carbocycles. The summed E-state index contributed by atoms with van der Waals surface area (Å²) in [5.41, 5.74) is 0. The standard InChI is InChI=1S/C19H32O8/c1-10-13(20)5-7-16(23-10)26-15-6-8-17(24-11(15)2)27-19-12(3)25-18(22-4)9-14(19)21/h5,7,10-21H,6,8-9H2,1-4H3/t10-,11-,12+,13+,14+,15-,16-,17-,18-,19+/m0/s1. The van der Waals surface area contributed by atoms with Gasteiger partial charge in [0.25, 0.3) is 0 Å². The number of aliphatic hydroxyl groups excluding tert-OH is 2. The Bertz CT molecular complexity index is 488. The number of ether oxygens (including phenoxy) is 6. The molecular weight excluding hydrogens is 356 g/mol. The zero-order valence-corrected chi connectivity index (χ0v) is 16.4. The van der Waals surface area contributed by atoms with E-state index < -0.39 is 37.2 Å². The molecule has 2 N–H and O–H groups in total. The van der Waals surface area contributed by atoms with Crippen LogP contribution in [-0.4, -0.2) is 78.9 Å². The molecule has 3 aliphatic rings. The Morgan fingerprint density at radius 2 is 1.59 bits per heavy atom. The van der Waals surface area contributed by atoms with Crippen molar-refractivity contribution in [1.82, 2.24) is 0 Å². The number of hydrogen-bond acceptors (Lipinski definition) is 8. The monoisotopic (exact) mass is 388 g/mol. The topological polar surface area (TPSA) is 95.8 Å². The van der Waals surface area contributed by atoms with Gasteiger partial charge >= 0.3 is 0 Å². The first-order chi connectivity index (χ1) is 12.9. The van der Waals surface area contributed by atoms with Crippen LogP contribution in [0.3, 0.4) is 0 Å². The Balaban J connectivity index is 1.48. The average molecular weight is 388 g/mol. The summed E-state index contributed by atoms with van der Waals surface area (Å²) < 4.78 is 34.5. The first-order valence-electron chi connectivity index (χ1n) is 9.72. The minimum absolute atomic E-state index is 0.134. The molecule has 156 valence electrons. The second-order valence-electron chi connectivity index (χ2n) is 7.52. The Hall–Kier alpha value is -0.580. The molecule has 0 saturated carbocycles. The predicted octanol–water partition coefficient (Wildman–Crippen LogP) is 1.09. The zero-order valence-electron chi connectivity index (χ0n) is 16.4. The third kappa shape index (κ3) is 5.27. The summed E-state index contributed by atoms with van der Waals surface area (Å²) in [6.45, 7) is 5.60. The first-order valence-corrected chi connectivity index (χ1v) is 9.72. The van der Waals surface area contributed by atoms with Crippen LogP contribution >= 0.6 is 0 Å². The van der Waals surface area contributed by atoms with Crippen molar-refractivity contribution in [2.24, 2.45) is 0 Å². The molecule has 10 atom stereocenters. The van der Waals surface area contributed by atoms with E-state index in [0.717, 1.165) is 6.42 Å². The van der Waals surface area contributed by atoms with E-state index in [1.165, 1.54) is 0 Å². The fraction of sp³-hybridized carbons (Fsp3) is 0.895. The Morgan fingerprint density at radius 3 is 2.22 bits per heavy atom. The maximum absolute atomic E-state index is 10.3. The van der Waals surface area contributed by atoms with E-state index in [0.29, 0.717) is 12.8 Å². The molecule has 0 unspecified atom stereocenters. The van der Waals surface area contributed by atoms with Crippen molar-refractivity contribution >= 4 is 0 Å². The van der Waals surface area contributed by atoms with Gasteiger partial charge in [0.2, 0.25) is 0 Å². The van der Waals surface area contributed by atoms with E-state index in [1.54, 1.807) is 19.3 Å². The lowest BCUT2D eigenvalue weighted by Gasteiger charge is -2.42. The van der Waals surface area contributed by atoms with Crippen LogP contribution in [0.25, 0.3) is 0 Å². The number of methoxy groups -OCH3 is 1. The van der Waals surface area contributed by atoms with Gasteiger partial charge in [-0.25, -0.2) is 0 Å². The van der Waals surface area contributed by atoms with Gasteiger partial charge in [0.1, 0.15) is 6.10 Å². The Labute approximate surface area is 160 Å². The number of hydrogen-bond donors (Lipinski definition) is 2. The van der Waals surface area contributed by atoms with Gasteiger partial charge < -0.3 is 38.6 Å². The smallest absolute Gasteiger partial charge is 0.177 e. The highest BCUT2D eigenvalue weighted by Gasteiger charge is 2.40. The summed E-state index contributed by atoms with van der Waals surface area (Å²) in [7, 11) is 1.56. The molecule has 0 aromatic carbocycles. The summed E-state index contributed by atoms with van der Waals surface area (Å²) >= 11 is 0. The van der Waals surface area contributed by atoms with Crippen molar-refractivity contribution in [1.29, 1.82) is 0 Å². The van der Waals surface area contributed by atoms with E-state index in [1.807, 2.05) is 20.8 Å². The molecule has 0 aromatic rings. The highest BCUT2D eigenvalue weighted by Crippen LogP contribution is 2.30. The van der Waals surface area contributed by atoms with E-state index >= 15 is 0 Å². The van der Waals surface area contributed by atoms with E-state index in [9.17, 15) is 10.2 Å². The third-order valence-corrected chi connectivity index (χ3v) is 5.40. The van der Waals surface area contributed by atoms with Crippen LogP contribution in [0.5, 0.6) is 0 Å². The van der Waals surface area contributed by atoms with Gasteiger partial charge in [0.05, 0.1) is 36.6 Å². The highest BCUT2D eigenvalue weighted by atomic mass is 16.7. The quantitative estimate of drug-likeness (QED) is 0.676. The van der Waals surface area contributed by atoms with Crippen molar-refractivity contribution in [2.45, 2.75) is 102 Å². The molecule has 8 heteroatoms. The van der Waals surface area contributed by atoms with Crippen molar-refractivity contribution in [2.75, 3.05) is 7.11 Å². The van der Waals surface area contributed by atoms with Crippen LogP contribution in [0.2, 0.25) is 0 Å². The zero-order chi connectivity index (χ0) is 19.6. The fourth-order valence-electron chi connectivity index (χ4n) is 3.70. The van der Waals surface area contributed by atoms with Crippen molar-refractivity contribution in [3.63, 3.8) is 0 Å². The van der Waals surface area contributed by atoms with Crippen molar-refractivity contribution in [3.8, 4) is 0 Å². The van der Waals surface area contributed by atoms with Gasteiger partial charge in [0, 0.05) is 20.0 Å². The largest absolute Gasteiger partial charge is 0.390 e. The lowest BCUT2D eigenvalue weighted by Crippen LogP contribution is -2.52. The van der Waals surface area contributed by atoms with Crippen LogP contribution in [-0.2, 0) is 28.4 Å². The van der Waals surface area contributed by atoms with Gasteiger partial charge in [0.15, 0.2) is 18.9 Å². The first kappa shape index (κ1) is 21.1. The summed E-state index contributed by atoms with van der Waals surface area (Å²) in [4.78, 5) is 0. The summed E-state index contributed by atoms with van der Waals surface area (Å²) in [6, 6.07) is 0. The minimum atomic E-state index is -0.666. The van der Waals surface area contributed by atoms with E-state index in [-0.39, 0.29) is 24.4 Å². The average Bonchev–Trinajstić information content (AvgIpc) is 2.63. The van der Waals surface area contributed by atoms with Gasteiger partial charge in [-0.1, -0.05) is 6.08 Å². The molecule has 2 saturated heterocycles. The molecule has 3 aliphatic heterocycles. The van der Waals surface area contributed by atoms with Crippen LogP contribution < -0.4 is 0 Å². The SMILES string of the molecule is CO[C@@H]1C[C@@H](O)[C@H](O[C@H]2CC[C@H](O[C@H]3C=C[C@@H](O)[C@H](C)O3)[C@H](C)O2)[C@@H](C)O1. The molecule has 2 fully saturated rings. The molecule has 0 bridgehead atoms. The van der Waals surface area contributed by atoms with Gasteiger partial charge in [-0.15, -0.1) is 0 Å². The normalized spacial score (nSPS) is 48.5. The predicted molar refractivity (Wildman–Crippen MR) is 94.8 cm³/mol. The highest BCUT2D eigenvalue weighted by molar-refractivity contribution is 4.99. The maximum Gasteiger partial charge on any atom is 0.177 e. The van der Waals surface area contributed by atoms with Gasteiger partial charge in [-0.05, 0) is 33.3 Å². The number of rotatable bonds is 5. The molecule has 3 rings (SSSR count). The van der Waals surface area contributed by atoms with Crippen LogP contribution in [0.1, 0.15) is 40.0 Å². The van der Waals surface area contributed by atoms with Crippen molar-refractivity contribution < 1.29 is 38.6 Å². The summed E-state index contributed by atoms with van der Waals surface area (Å²) in [5, 5.41) is 20.0. The molecule has 0 spiro atoms. The van der Waals surface area contributed by atoms with Crippen LogP contribution in [0.4, 0.5) is 0 Å². The summed E-state index contributed by atoms with van der Waals surface area (Å²) in [5.74, 6) is 0. The van der Waals surface area contributed by atoms with Crippen molar-refractivity contribution in [3.05, 3.63) is 12.2 Å². The van der Waals surface area contributed by atoms with E-state index in [4.69, 9.17) is 28.4 Å². The van der Waals surface area contributed by atoms with E-state index in [2.05, 4.69) is 0 Å². The lowest BCUT2D eigenvalue weighted by atomic mass is 10.0. The number of aliphatic hydroxyl groups is 2. The second-order valence-corrected chi connectivity index (χ2v) is 7.52. The third-order valence-electron chi connectivity index (χ3n) is 5.40. The second kappa shape index (κ2) is 9.28. The van der Waals surface area contributed by atoms with Gasteiger partial charge in [-0.3, -0.25) is 0 Å². The van der Waals surface area contributed by atoms with Crippen LogP contribution in [0.15, 0.2) is 12.2 Å². The molecule has 27 heavy (non-hydrogen) atoms. The molecular formula is C19H32O8. The summed E-state index contributed by atoms with van der Waals surface area (Å²) in [6.07, 6.45) is 1.20. The minimum Gasteiger partial charge on any atom is -0.390 e. The van der Waals surface area contributed by atoms with Gasteiger partial charge in [-0.2, -0.15) is 0 Å². The Kier molecular flexibility index (Phi) is 7.26. The molecule has 8 nitrogen and oxygen atoms in total. The maximum atomic E-state index is 10.3. The Morgan fingerprint density at radius 1 is 0.852 bits per heavy atom. The molecule has 0 aromatic heterocycles. The lowest BCUT2D eigenvalue weighted by molar-refractivity contribution is -0.308. The molecule has 3 heterocycles. The molecule has 0 radical (unpaired) electrons. The molecule has 0 amide bonds. The fourth-order valence-corrected chi connectivity index (χ4v) is 3.70.